The van der Waals surface area contributed by atoms with Crippen LogP contribution in [0.1, 0.15) is 36.7 Å². The number of aromatic hydroxyl groups is 1. The van der Waals surface area contributed by atoms with Crippen molar-refractivity contribution in [3.8, 4) is 17.1 Å². The molecule has 0 saturated heterocycles. The smallest absolute Gasteiger partial charge is 0.257 e. The molecular formula is C22H22F2N2O2. The predicted molar refractivity (Wildman–Crippen MR) is 105 cm³/mol. The standard InChI is InChI=1S/C22H22F2N2O2/c1-3-15-18(4-2)25-21(16-11-8-12-17(24)20(16)27)26(22(15)28)19(13-23)14-9-6-5-7-10-14/h5-12,19,27H,3-4,13H2,1-2H3. The van der Waals surface area contributed by atoms with Crippen LogP contribution in [0.2, 0.25) is 0 Å². The second-order valence-corrected chi connectivity index (χ2v) is 6.46. The van der Waals surface area contributed by atoms with Crippen LogP contribution in [-0.4, -0.2) is 21.3 Å². The van der Waals surface area contributed by atoms with E-state index in [-0.39, 0.29) is 16.9 Å². The summed E-state index contributed by atoms with van der Waals surface area (Å²) in [4.78, 5) is 17.9. The van der Waals surface area contributed by atoms with E-state index in [9.17, 15) is 18.7 Å². The van der Waals surface area contributed by atoms with E-state index in [0.717, 1.165) is 6.07 Å². The zero-order valence-electron chi connectivity index (χ0n) is 15.8. The Morgan fingerprint density at radius 3 is 2.39 bits per heavy atom. The van der Waals surface area contributed by atoms with Gasteiger partial charge < -0.3 is 5.11 Å². The number of phenolic OH excluding ortho intramolecular Hbond substituents is 1. The molecule has 0 fully saturated rings. The van der Waals surface area contributed by atoms with E-state index in [1.807, 2.05) is 13.8 Å². The van der Waals surface area contributed by atoms with Gasteiger partial charge in [-0.05, 0) is 30.5 Å². The van der Waals surface area contributed by atoms with Gasteiger partial charge in [-0.1, -0.05) is 50.2 Å². The minimum atomic E-state index is -0.935. The molecule has 1 heterocycles. The minimum absolute atomic E-state index is 0.0579. The third-order valence-electron chi connectivity index (χ3n) is 4.85. The third-order valence-corrected chi connectivity index (χ3v) is 4.85. The average Bonchev–Trinajstić information content (AvgIpc) is 2.72. The Balaban J connectivity index is 2.39. The lowest BCUT2D eigenvalue weighted by Crippen LogP contribution is -2.33. The molecule has 0 spiro atoms. The van der Waals surface area contributed by atoms with E-state index < -0.39 is 24.3 Å². The lowest BCUT2D eigenvalue weighted by Gasteiger charge is -2.23. The molecule has 2 aromatic carbocycles. The molecule has 1 N–H and O–H groups in total. The summed E-state index contributed by atoms with van der Waals surface area (Å²) in [5, 5.41) is 10.3. The largest absolute Gasteiger partial charge is 0.504 e. The molecule has 0 saturated carbocycles. The van der Waals surface area contributed by atoms with Crippen molar-refractivity contribution in [2.45, 2.75) is 32.7 Å². The Morgan fingerprint density at radius 2 is 1.79 bits per heavy atom. The fraction of sp³-hybridized carbons (Fsp3) is 0.273. The van der Waals surface area contributed by atoms with Crippen molar-refractivity contribution in [2.75, 3.05) is 6.67 Å². The van der Waals surface area contributed by atoms with E-state index in [1.165, 1.54) is 16.7 Å². The summed E-state index contributed by atoms with van der Waals surface area (Å²) >= 11 is 0. The maximum atomic E-state index is 14.2. The molecule has 28 heavy (non-hydrogen) atoms. The van der Waals surface area contributed by atoms with Gasteiger partial charge in [-0.15, -0.1) is 0 Å². The van der Waals surface area contributed by atoms with Crippen LogP contribution in [0, 0.1) is 5.82 Å². The summed E-state index contributed by atoms with van der Waals surface area (Å²) in [6, 6.07) is 11.9. The summed E-state index contributed by atoms with van der Waals surface area (Å²) < 4.78 is 29.4. The van der Waals surface area contributed by atoms with Crippen LogP contribution in [0.15, 0.2) is 53.3 Å². The van der Waals surface area contributed by atoms with Gasteiger partial charge in [-0.25, -0.2) is 13.8 Å². The fourth-order valence-electron chi connectivity index (χ4n) is 3.42. The van der Waals surface area contributed by atoms with Crippen LogP contribution in [-0.2, 0) is 12.8 Å². The number of alkyl halides is 1. The number of nitrogens with zero attached hydrogens (tertiary/aromatic N) is 2. The average molecular weight is 384 g/mol. The highest BCUT2D eigenvalue weighted by atomic mass is 19.1. The van der Waals surface area contributed by atoms with Gasteiger partial charge in [0.15, 0.2) is 11.6 Å². The molecule has 3 aromatic rings. The van der Waals surface area contributed by atoms with E-state index in [2.05, 4.69) is 4.98 Å². The van der Waals surface area contributed by atoms with Crippen LogP contribution >= 0.6 is 0 Å². The summed E-state index contributed by atoms with van der Waals surface area (Å²) in [5.41, 5.74) is 1.34. The lowest BCUT2D eigenvalue weighted by atomic mass is 10.0. The number of aromatic nitrogens is 2. The van der Waals surface area contributed by atoms with Crippen molar-refractivity contribution in [3.05, 3.63) is 81.5 Å². The summed E-state index contributed by atoms with van der Waals surface area (Å²) in [5.74, 6) is -1.38. The molecule has 1 aromatic heterocycles. The molecular weight excluding hydrogens is 362 g/mol. The first kappa shape index (κ1) is 19.7. The molecule has 0 radical (unpaired) electrons. The molecule has 6 heteroatoms. The minimum Gasteiger partial charge on any atom is -0.504 e. The number of aryl methyl sites for hydroxylation is 1. The number of hydrogen-bond acceptors (Lipinski definition) is 3. The van der Waals surface area contributed by atoms with Gasteiger partial charge in [0.25, 0.3) is 5.56 Å². The van der Waals surface area contributed by atoms with Crippen molar-refractivity contribution in [3.63, 3.8) is 0 Å². The molecule has 4 nitrogen and oxygen atoms in total. The van der Waals surface area contributed by atoms with E-state index in [4.69, 9.17) is 0 Å². The normalized spacial score (nSPS) is 12.1. The highest BCUT2D eigenvalue weighted by Gasteiger charge is 2.25. The molecule has 146 valence electrons. The van der Waals surface area contributed by atoms with Crippen molar-refractivity contribution < 1.29 is 13.9 Å². The molecule has 0 aliphatic heterocycles. The lowest BCUT2D eigenvalue weighted by molar-refractivity contribution is 0.387. The first-order valence-corrected chi connectivity index (χ1v) is 9.26. The highest BCUT2D eigenvalue weighted by molar-refractivity contribution is 5.65. The quantitative estimate of drug-likeness (QED) is 0.684. The maximum Gasteiger partial charge on any atom is 0.257 e. The SMILES string of the molecule is CCc1nc(-c2cccc(F)c2O)n(C(CF)c2ccccc2)c(=O)c1CC. The number of hydrogen-bond donors (Lipinski definition) is 1. The van der Waals surface area contributed by atoms with Crippen LogP contribution in [0.25, 0.3) is 11.4 Å². The predicted octanol–water partition coefficient (Wildman–Crippen LogP) is 4.44. The zero-order chi connectivity index (χ0) is 20.3. The topological polar surface area (TPSA) is 55.1 Å². The molecule has 1 atom stereocenters. The maximum absolute atomic E-state index is 14.2. The zero-order valence-corrected chi connectivity index (χ0v) is 15.8. The molecule has 0 aliphatic carbocycles. The van der Waals surface area contributed by atoms with Gasteiger partial charge in [0, 0.05) is 5.56 Å². The van der Waals surface area contributed by atoms with Crippen molar-refractivity contribution in [1.29, 1.82) is 0 Å². The van der Waals surface area contributed by atoms with Gasteiger partial charge in [-0.2, -0.15) is 0 Å². The van der Waals surface area contributed by atoms with Crippen molar-refractivity contribution in [2.24, 2.45) is 0 Å². The van der Waals surface area contributed by atoms with Crippen LogP contribution < -0.4 is 5.56 Å². The summed E-state index contributed by atoms with van der Waals surface area (Å²) in [6.45, 7) is 2.86. The van der Waals surface area contributed by atoms with Gasteiger partial charge in [0.2, 0.25) is 0 Å². The Morgan fingerprint density at radius 1 is 1.07 bits per heavy atom. The van der Waals surface area contributed by atoms with Crippen LogP contribution in [0.4, 0.5) is 8.78 Å². The van der Waals surface area contributed by atoms with Gasteiger partial charge in [0.05, 0.1) is 17.3 Å². The van der Waals surface area contributed by atoms with Gasteiger partial charge >= 0.3 is 0 Å². The Bertz CT molecular complexity index is 1030. The number of phenols is 1. The third kappa shape index (κ3) is 3.42. The molecule has 0 aliphatic rings. The second kappa shape index (κ2) is 8.33. The summed E-state index contributed by atoms with van der Waals surface area (Å²) in [6.07, 6.45) is 0.937. The first-order valence-electron chi connectivity index (χ1n) is 9.26. The van der Waals surface area contributed by atoms with Crippen LogP contribution in [0.3, 0.4) is 0 Å². The Kier molecular flexibility index (Phi) is 5.87. The van der Waals surface area contributed by atoms with E-state index in [1.54, 1.807) is 30.3 Å². The fourth-order valence-corrected chi connectivity index (χ4v) is 3.42. The monoisotopic (exact) mass is 384 g/mol. The van der Waals surface area contributed by atoms with Crippen LogP contribution in [0.5, 0.6) is 5.75 Å². The first-order chi connectivity index (χ1) is 13.5. The number of para-hydroxylation sites is 1. The summed E-state index contributed by atoms with van der Waals surface area (Å²) in [7, 11) is 0. The Hall–Kier alpha value is -3.02. The van der Waals surface area contributed by atoms with Gasteiger partial charge in [0.1, 0.15) is 12.5 Å². The van der Waals surface area contributed by atoms with Gasteiger partial charge in [-0.3, -0.25) is 9.36 Å². The highest BCUT2D eigenvalue weighted by Crippen LogP contribution is 2.32. The Labute approximate surface area is 162 Å². The van der Waals surface area contributed by atoms with E-state index in [0.29, 0.717) is 29.7 Å². The second-order valence-electron chi connectivity index (χ2n) is 6.46. The number of rotatable bonds is 6. The van der Waals surface area contributed by atoms with E-state index >= 15 is 0 Å². The number of benzene rings is 2. The number of halogens is 2. The molecule has 0 amide bonds. The van der Waals surface area contributed by atoms with Crippen molar-refractivity contribution >= 4 is 0 Å². The molecule has 3 rings (SSSR count). The molecule has 0 bridgehead atoms. The van der Waals surface area contributed by atoms with Crippen molar-refractivity contribution in [1.82, 2.24) is 9.55 Å². The molecule has 1 unspecified atom stereocenters.